The lowest BCUT2D eigenvalue weighted by atomic mass is 9.98. The molecular weight excluding hydrogens is 422 g/mol. The molecule has 0 spiro atoms. The number of anilines is 2. The summed E-state index contributed by atoms with van der Waals surface area (Å²) in [5, 5.41) is 15.8. The molecule has 0 atom stereocenters. The number of rotatable bonds is 5. The van der Waals surface area contributed by atoms with E-state index in [1.54, 1.807) is 30.6 Å². The Bertz CT molecular complexity index is 1470. The number of benzene rings is 3. The second-order valence-electron chi connectivity index (χ2n) is 7.57. The molecular formula is C25H21N3O3S. The van der Waals surface area contributed by atoms with Crippen molar-refractivity contribution in [3.8, 4) is 5.75 Å². The molecule has 2 N–H and O–H groups in total. The number of nitrogens with one attached hydrogen (secondary N) is 1. The normalized spacial score (nSPS) is 11.2. The summed E-state index contributed by atoms with van der Waals surface area (Å²) in [7, 11) is 1.63. The summed E-state index contributed by atoms with van der Waals surface area (Å²) in [5.74, 6) is 0.628. The zero-order chi connectivity index (χ0) is 22.4. The van der Waals surface area contributed by atoms with E-state index in [0.717, 1.165) is 37.1 Å². The first-order chi connectivity index (χ1) is 15.5. The molecule has 0 saturated carbocycles. The second-order valence-corrected chi connectivity index (χ2v) is 8.77. The van der Waals surface area contributed by atoms with Gasteiger partial charge in [0.05, 0.1) is 34.3 Å². The molecule has 6 nitrogen and oxygen atoms in total. The first-order valence-corrected chi connectivity index (χ1v) is 10.9. The lowest BCUT2D eigenvalue weighted by Gasteiger charge is -2.13. The van der Waals surface area contributed by atoms with E-state index in [1.165, 1.54) is 6.20 Å². The summed E-state index contributed by atoms with van der Waals surface area (Å²) >= 11 is 1.55. The molecule has 0 fully saturated rings. The Morgan fingerprint density at radius 3 is 2.50 bits per heavy atom. The highest BCUT2D eigenvalue weighted by Crippen LogP contribution is 2.42. The Labute approximate surface area is 188 Å². The zero-order valence-corrected chi connectivity index (χ0v) is 18.7. The van der Waals surface area contributed by atoms with E-state index < -0.39 is 0 Å². The summed E-state index contributed by atoms with van der Waals surface area (Å²) in [6.07, 6.45) is 1.48. The molecule has 2 heterocycles. The second kappa shape index (κ2) is 7.69. The van der Waals surface area contributed by atoms with Crippen LogP contribution in [0, 0.1) is 13.8 Å². The van der Waals surface area contributed by atoms with E-state index in [-0.39, 0.29) is 5.78 Å². The average molecular weight is 444 g/mol. The predicted octanol–water partition coefficient (Wildman–Crippen LogP) is 6.09. The maximum absolute atomic E-state index is 13.3. The SMILES string of the molecule is COc1ccc(Nc2c(C)c3c(C(=O)c4ccccc4)cn(O)c3c3nc(C)sc23)cc1. The molecule has 32 heavy (non-hydrogen) atoms. The minimum absolute atomic E-state index is 0.145. The number of hydrogen-bond donors (Lipinski definition) is 2. The number of fused-ring (bicyclic) bond motifs is 3. The summed E-state index contributed by atoms with van der Waals surface area (Å²) in [6, 6.07) is 16.7. The van der Waals surface area contributed by atoms with Gasteiger partial charge in [0.25, 0.3) is 0 Å². The van der Waals surface area contributed by atoms with E-state index in [1.807, 2.05) is 56.3 Å². The molecule has 5 aromatic rings. The van der Waals surface area contributed by atoms with Gasteiger partial charge in [0.1, 0.15) is 16.8 Å². The zero-order valence-electron chi connectivity index (χ0n) is 17.8. The van der Waals surface area contributed by atoms with E-state index in [4.69, 9.17) is 4.74 Å². The number of thiazole rings is 1. The lowest BCUT2D eigenvalue weighted by Crippen LogP contribution is -2.01. The number of carbonyl (C=O) groups excluding carboxylic acids is 1. The van der Waals surface area contributed by atoms with Gasteiger partial charge in [-0.15, -0.1) is 11.3 Å². The Morgan fingerprint density at radius 1 is 1.09 bits per heavy atom. The Balaban J connectivity index is 1.76. The van der Waals surface area contributed by atoms with Gasteiger partial charge in [0.2, 0.25) is 0 Å². The molecule has 5 rings (SSSR count). The monoisotopic (exact) mass is 443 g/mol. The Hall–Kier alpha value is -3.84. The highest BCUT2D eigenvalue weighted by atomic mass is 32.1. The van der Waals surface area contributed by atoms with Crippen LogP contribution in [0.25, 0.3) is 21.1 Å². The van der Waals surface area contributed by atoms with Gasteiger partial charge in [-0.3, -0.25) is 4.79 Å². The smallest absolute Gasteiger partial charge is 0.195 e. The number of methoxy groups -OCH3 is 1. The molecule has 0 bridgehead atoms. The third-order valence-electron chi connectivity index (χ3n) is 5.56. The van der Waals surface area contributed by atoms with Crippen molar-refractivity contribution >= 4 is 49.6 Å². The van der Waals surface area contributed by atoms with Gasteiger partial charge in [-0.2, -0.15) is 4.73 Å². The van der Waals surface area contributed by atoms with Crippen LogP contribution in [0.5, 0.6) is 5.75 Å². The van der Waals surface area contributed by atoms with Crippen LogP contribution < -0.4 is 10.1 Å². The highest BCUT2D eigenvalue weighted by Gasteiger charge is 2.25. The molecule has 7 heteroatoms. The van der Waals surface area contributed by atoms with Crippen molar-refractivity contribution in [3.63, 3.8) is 0 Å². The third kappa shape index (κ3) is 3.18. The summed E-state index contributed by atoms with van der Waals surface area (Å²) in [6.45, 7) is 3.90. The third-order valence-corrected chi connectivity index (χ3v) is 6.55. The van der Waals surface area contributed by atoms with Crippen molar-refractivity contribution in [1.29, 1.82) is 0 Å². The number of nitrogens with zero attached hydrogens (tertiary/aromatic N) is 2. The first-order valence-electron chi connectivity index (χ1n) is 10.1. The van der Waals surface area contributed by atoms with Gasteiger partial charge in [0.15, 0.2) is 5.78 Å². The van der Waals surface area contributed by atoms with Crippen molar-refractivity contribution in [2.24, 2.45) is 0 Å². The lowest BCUT2D eigenvalue weighted by molar-refractivity contribution is 0.103. The maximum Gasteiger partial charge on any atom is 0.195 e. The number of hydrogen-bond acceptors (Lipinski definition) is 6. The summed E-state index contributed by atoms with van der Waals surface area (Å²) in [5.41, 5.74) is 4.85. The Kier molecular flexibility index (Phi) is 4.83. The van der Waals surface area contributed by atoms with E-state index >= 15 is 0 Å². The van der Waals surface area contributed by atoms with Crippen molar-refractivity contribution in [2.45, 2.75) is 13.8 Å². The molecule has 160 valence electrons. The molecule has 0 saturated heterocycles. The Morgan fingerprint density at radius 2 is 1.81 bits per heavy atom. The fraction of sp³-hybridized carbons (Fsp3) is 0.120. The molecule has 0 unspecified atom stereocenters. The number of aryl methyl sites for hydroxylation is 2. The molecule has 0 aliphatic carbocycles. The van der Waals surface area contributed by atoms with Crippen LogP contribution in [-0.2, 0) is 0 Å². The van der Waals surface area contributed by atoms with E-state index in [9.17, 15) is 10.0 Å². The van der Waals surface area contributed by atoms with Crippen molar-refractivity contribution in [2.75, 3.05) is 12.4 Å². The minimum Gasteiger partial charge on any atom is -0.497 e. The number of carbonyl (C=O) groups is 1. The quantitative estimate of drug-likeness (QED) is 0.254. The van der Waals surface area contributed by atoms with Crippen LogP contribution in [0.15, 0.2) is 60.8 Å². The van der Waals surface area contributed by atoms with Crippen molar-refractivity contribution in [3.05, 3.63) is 82.5 Å². The molecule has 3 aromatic carbocycles. The highest BCUT2D eigenvalue weighted by molar-refractivity contribution is 7.19. The minimum atomic E-state index is -0.145. The molecule has 0 aliphatic heterocycles. The van der Waals surface area contributed by atoms with Crippen LogP contribution >= 0.6 is 11.3 Å². The van der Waals surface area contributed by atoms with Crippen LogP contribution in [0.1, 0.15) is 26.5 Å². The van der Waals surface area contributed by atoms with Gasteiger partial charge in [0, 0.05) is 16.6 Å². The fourth-order valence-electron chi connectivity index (χ4n) is 4.04. The molecule has 0 amide bonds. The fourth-order valence-corrected chi connectivity index (χ4v) is 5.02. The summed E-state index contributed by atoms with van der Waals surface area (Å²) < 4.78 is 7.21. The number of ketones is 1. The van der Waals surface area contributed by atoms with Crippen LogP contribution in [0.2, 0.25) is 0 Å². The molecule has 0 radical (unpaired) electrons. The van der Waals surface area contributed by atoms with Gasteiger partial charge < -0.3 is 15.3 Å². The summed E-state index contributed by atoms with van der Waals surface area (Å²) in [4.78, 5) is 18.0. The van der Waals surface area contributed by atoms with Crippen LogP contribution in [-0.4, -0.2) is 27.8 Å². The van der Waals surface area contributed by atoms with Crippen molar-refractivity contribution in [1.82, 2.24) is 9.71 Å². The van der Waals surface area contributed by atoms with E-state index in [2.05, 4.69) is 10.3 Å². The first kappa shape index (κ1) is 20.1. The topological polar surface area (TPSA) is 76.4 Å². The van der Waals surface area contributed by atoms with Crippen LogP contribution in [0.4, 0.5) is 11.4 Å². The standard InChI is InChI=1S/C25H21N3O3S/c1-14-20-19(24(29)16-7-5-4-6-8-16)13-28(30)23(20)22-25(32-15(2)26-22)21(14)27-17-9-11-18(31-3)12-10-17/h4-13,27,30H,1-3H3. The largest absolute Gasteiger partial charge is 0.497 e. The molecule has 0 aliphatic rings. The predicted molar refractivity (Wildman–Crippen MR) is 128 cm³/mol. The molecule has 2 aromatic heterocycles. The van der Waals surface area contributed by atoms with Gasteiger partial charge in [-0.05, 0) is 43.7 Å². The van der Waals surface area contributed by atoms with Crippen LogP contribution in [0.3, 0.4) is 0 Å². The number of ether oxygens (including phenoxy) is 1. The average Bonchev–Trinajstić information content (AvgIpc) is 3.36. The van der Waals surface area contributed by atoms with Gasteiger partial charge in [-0.25, -0.2) is 4.98 Å². The van der Waals surface area contributed by atoms with E-state index in [0.29, 0.717) is 27.5 Å². The maximum atomic E-state index is 13.3. The number of aromatic nitrogens is 2. The van der Waals surface area contributed by atoms with Crippen molar-refractivity contribution < 1.29 is 14.7 Å². The van der Waals surface area contributed by atoms with Gasteiger partial charge in [-0.1, -0.05) is 30.3 Å². The van der Waals surface area contributed by atoms with Gasteiger partial charge >= 0.3 is 0 Å².